The molecular weight excluding hydrogens is 258 g/mol. The van der Waals surface area contributed by atoms with Gasteiger partial charge < -0.3 is 10.4 Å². The topological polar surface area (TPSA) is 88.3 Å². The molecule has 1 aromatic heterocycles. The maximum absolute atomic E-state index is 10.8. The quantitative estimate of drug-likeness (QED) is 0.506. The average Bonchev–Trinajstić information content (AvgIpc) is 2.34. The summed E-state index contributed by atoms with van der Waals surface area (Å²) >= 11 is 5.66. The van der Waals surface area contributed by atoms with Gasteiger partial charge in [-0.2, -0.15) is 0 Å². The minimum atomic E-state index is -0.568. The lowest BCUT2D eigenvalue weighted by Gasteiger charge is -2.06. The molecule has 1 aromatic carbocycles. The number of halogens is 1. The molecule has 0 fully saturated rings. The van der Waals surface area contributed by atoms with Gasteiger partial charge in [-0.05, 0) is 24.3 Å². The first kappa shape index (κ1) is 12.1. The SMILES string of the molecule is O=[N+]([O-])c1cc(Cl)cnc1Nc1ccc(O)cc1. The molecule has 0 radical (unpaired) electrons. The fraction of sp³-hybridized carbons (Fsp3) is 0. The van der Waals surface area contributed by atoms with Gasteiger partial charge in [-0.15, -0.1) is 0 Å². The Hall–Kier alpha value is -2.34. The van der Waals surface area contributed by atoms with Crippen molar-refractivity contribution in [1.29, 1.82) is 0 Å². The smallest absolute Gasteiger partial charge is 0.313 e. The second-order valence-electron chi connectivity index (χ2n) is 3.45. The van der Waals surface area contributed by atoms with Crippen LogP contribution in [0.15, 0.2) is 36.5 Å². The maximum Gasteiger partial charge on any atom is 0.313 e. The molecular formula is C11H8ClN3O3. The van der Waals surface area contributed by atoms with Crippen molar-refractivity contribution >= 4 is 28.8 Å². The van der Waals surface area contributed by atoms with E-state index in [4.69, 9.17) is 16.7 Å². The molecule has 0 bridgehead atoms. The predicted octanol–water partition coefficient (Wildman–Crippen LogP) is 3.09. The highest BCUT2D eigenvalue weighted by molar-refractivity contribution is 6.30. The van der Waals surface area contributed by atoms with Gasteiger partial charge in [0.15, 0.2) is 0 Å². The van der Waals surface area contributed by atoms with Crippen molar-refractivity contribution in [3.8, 4) is 5.75 Å². The molecule has 92 valence electrons. The van der Waals surface area contributed by atoms with E-state index in [2.05, 4.69) is 10.3 Å². The first-order valence-corrected chi connectivity index (χ1v) is 5.30. The number of aromatic nitrogens is 1. The predicted molar refractivity (Wildman–Crippen MR) is 67.3 cm³/mol. The van der Waals surface area contributed by atoms with Crippen LogP contribution < -0.4 is 5.32 Å². The van der Waals surface area contributed by atoms with Crippen LogP contribution in [0.1, 0.15) is 0 Å². The van der Waals surface area contributed by atoms with Gasteiger partial charge in [-0.3, -0.25) is 10.1 Å². The van der Waals surface area contributed by atoms with E-state index in [9.17, 15) is 10.1 Å². The number of aromatic hydroxyl groups is 1. The van der Waals surface area contributed by atoms with E-state index in [0.29, 0.717) is 5.69 Å². The summed E-state index contributed by atoms with van der Waals surface area (Å²) < 4.78 is 0. The normalized spacial score (nSPS) is 10.1. The van der Waals surface area contributed by atoms with Crippen molar-refractivity contribution < 1.29 is 10.0 Å². The zero-order valence-corrected chi connectivity index (χ0v) is 9.76. The summed E-state index contributed by atoms with van der Waals surface area (Å²) in [5.41, 5.74) is 0.362. The molecule has 0 aliphatic heterocycles. The summed E-state index contributed by atoms with van der Waals surface area (Å²) in [5, 5.41) is 23.0. The number of benzene rings is 1. The van der Waals surface area contributed by atoms with E-state index in [1.165, 1.54) is 24.4 Å². The molecule has 2 N–H and O–H groups in total. The number of anilines is 2. The average molecular weight is 266 g/mol. The number of hydrogen-bond donors (Lipinski definition) is 2. The summed E-state index contributed by atoms with van der Waals surface area (Å²) in [5.74, 6) is 0.203. The number of phenols is 1. The third-order valence-electron chi connectivity index (χ3n) is 2.16. The van der Waals surface area contributed by atoms with Gasteiger partial charge >= 0.3 is 5.69 Å². The number of rotatable bonds is 3. The van der Waals surface area contributed by atoms with E-state index < -0.39 is 4.92 Å². The Morgan fingerprint density at radius 2 is 2.00 bits per heavy atom. The molecule has 0 aliphatic rings. The second kappa shape index (κ2) is 4.89. The highest BCUT2D eigenvalue weighted by Crippen LogP contribution is 2.28. The van der Waals surface area contributed by atoms with Crippen molar-refractivity contribution in [3.05, 3.63) is 51.7 Å². The van der Waals surface area contributed by atoms with Crippen molar-refractivity contribution in [1.82, 2.24) is 4.98 Å². The Balaban J connectivity index is 2.34. The van der Waals surface area contributed by atoms with E-state index in [1.54, 1.807) is 12.1 Å². The molecule has 7 heteroatoms. The summed E-state index contributed by atoms with van der Waals surface area (Å²) in [7, 11) is 0. The lowest BCUT2D eigenvalue weighted by atomic mass is 10.3. The first-order valence-electron chi connectivity index (χ1n) is 4.92. The number of nitro groups is 1. The molecule has 2 rings (SSSR count). The van der Waals surface area contributed by atoms with Crippen LogP contribution in [-0.2, 0) is 0 Å². The second-order valence-corrected chi connectivity index (χ2v) is 3.89. The molecule has 1 heterocycles. The first-order chi connectivity index (χ1) is 8.56. The minimum absolute atomic E-state index is 0.0927. The van der Waals surface area contributed by atoms with Gasteiger partial charge in [0.2, 0.25) is 5.82 Å². The lowest BCUT2D eigenvalue weighted by Crippen LogP contribution is -1.99. The fourth-order valence-corrected chi connectivity index (χ4v) is 1.50. The van der Waals surface area contributed by atoms with Crippen LogP contribution in [0.3, 0.4) is 0 Å². The Morgan fingerprint density at radius 3 is 2.61 bits per heavy atom. The van der Waals surface area contributed by atoms with Gasteiger partial charge in [0.25, 0.3) is 0 Å². The minimum Gasteiger partial charge on any atom is -0.508 e. The monoisotopic (exact) mass is 265 g/mol. The fourth-order valence-electron chi connectivity index (χ4n) is 1.35. The molecule has 0 amide bonds. The number of pyridine rings is 1. The molecule has 0 aliphatic carbocycles. The highest BCUT2D eigenvalue weighted by atomic mass is 35.5. The number of nitrogens with zero attached hydrogens (tertiary/aromatic N) is 2. The van der Waals surface area contributed by atoms with E-state index >= 15 is 0 Å². The van der Waals surface area contributed by atoms with Crippen LogP contribution in [-0.4, -0.2) is 15.0 Å². The Bertz CT molecular complexity index is 587. The molecule has 0 saturated carbocycles. The Kier molecular flexibility index (Phi) is 3.29. The zero-order valence-electron chi connectivity index (χ0n) is 9.00. The molecule has 18 heavy (non-hydrogen) atoms. The summed E-state index contributed by atoms with van der Waals surface area (Å²) in [6.45, 7) is 0. The maximum atomic E-state index is 10.8. The number of hydrogen-bond acceptors (Lipinski definition) is 5. The van der Waals surface area contributed by atoms with Crippen LogP contribution in [0.25, 0.3) is 0 Å². The van der Waals surface area contributed by atoms with Crippen molar-refractivity contribution in [2.45, 2.75) is 0 Å². The van der Waals surface area contributed by atoms with Crippen molar-refractivity contribution in [2.75, 3.05) is 5.32 Å². The molecule has 0 saturated heterocycles. The van der Waals surface area contributed by atoms with Crippen LogP contribution in [0, 0.1) is 10.1 Å². The molecule has 0 unspecified atom stereocenters. The third-order valence-corrected chi connectivity index (χ3v) is 2.37. The van der Waals surface area contributed by atoms with Gasteiger partial charge in [0, 0.05) is 18.0 Å². The molecule has 0 spiro atoms. The van der Waals surface area contributed by atoms with Crippen molar-refractivity contribution in [2.24, 2.45) is 0 Å². The van der Waals surface area contributed by atoms with Gasteiger partial charge in [0.1, 0.15) is 5.75 Å². The number of phenolic OH excluding ortho intramolecular Hbond substituents is 1. The summed E-state index contributed by atoms with van der Waals surface area (Å²) in [6.07, 6.45) is 1.32. The molecule has 6 nitrogen and oxygen atoms in total. The van der Waals surface area contributed by atoms with Crippen LogP contribution >= 0.6 is 11.6 Å². The largest absolute Gasteiger partial charge is 0.508 e. The van der Waals surface area contributed by atoms with Gasteiger partial charge in [-0.25, -0.2) is 4.98 Å². The van der Waals surface area contributed by atoms with Crippen LogP contribution in [0.5, 0.6) is 5.75 Å². The summed E-state index contributed by atoms with van der Waals surface area (Å²) in [6, 6.07) is 7.30. The Morgan fingerprint density at radius 1 is 1.33 bits per heavy atom. The van der Waals surface area contributed by atoms with Gasteiger partial charge in [0.05, 0.1) is 9.95 Å². The molecule has 0 atom stereocenters. The van der Waals surface area contributed by atoms with E-state index in [0.717, 1.165) is 0 Å². The molecule has 2 aromatic rings. The zero-order chi connectivity index (χ0) is 13.1. The summed E-state index contributed by atoms with van der Waals surface area (Å²) in [4.78, 5) is 14.1. The lowest BCUT2D eigenvalue weighted by molar-refractivity contribution is -0.384. The Labute approximate surface area is 107 Å². The van der Waals surface area contributed by atoms with E-state index in [-0.39, 0.29) is 22.3 Å². The van der Waals surface area contributed by atoms with E-state index in [1.807, 2.05) is 0 Å². The van der Waals surface area contributed by atoms with Crippen LogP contribution in [0.2, 0.25) is 5.02 Å². The number of nitrogens with one attached hydrogen (secondary N) is 1. The highest BCUT2D eigenvalue weighted by Gasteiger charge is 2.16. The third kappa shape index (κ3) is 2.67. The van der Waals surface area contributed by atoms with Gasteiger partial charge in [-0.1, -0.05) is 11.6 Å². The van der Waals surface area contributed by atoms with Crippen LogP contribution in [0.4, 0.5) is 17.2 Å². The van der Waals surface area contributed by atoms with Crippen molar-refractivity contribution in [3.63, 3.8) is 0 Å². The standard InChI is InChI=1S/C11H8ClN3O3/c12-7-5-10(15(17)18)11(13-6-7)14-8-1-3-9(16)4-2-8/h1-6,16H,(H,13,14).